The predicted molar refractivity (Wildman–Crippen MR) is 101 cm³/mol. The largest absolute Gasteiger partial charge is 0.477 e. The monoisotopic (exact) mass is 426 g/mol. The zero-order chi connectivity index (χ0) is 22.3. The summed E-state index contributed by atoms with van der Waals surface area (Å²) in [6, 6.07) is 6.24. The van der Waals surface area contributed by atoms with Gasteiger partial charge in [-0.15, -0.1) is 10.2 Å². The van der Waals surface area contributed by atoms with Gasteiger partial charge in [0, 0.05) is 23.9 Å². The fourth-order valence-electron chi connectivity index (χ4n) is 3.12. The van der Waals surface area contributed by atoms with Crippen LogP contribution in [0.3, 0.4) is 0 Å². The lowest BCUT2D eigenvalue weighted by molar-refractivity contribution is -0.137. The molecule has 0 aliphatic heterocycles. The summed E-state index contributed by atoms with van der Waals surface area (Å²) in [6.45, 7) is 5.04. The zero-order valence-electron chi connectivity index (χ0n) is 16.4. The van der Waals surface area contributed by atoms with Crippen LogP contribution in [-0.2, 0) is 18.3 Å². The SMILES string of the molecule is CCn1c(-c2ccc(N)cc2C(F)(F)F)nnc1C(C)(C)Oc1ccc(F)cc1F. The maximum atomic E-state index is 14.0. The molecule has 1 aromatic heterocycles. The van der Waals surface area contributed by atoms with Gasteiger partial charge >= 0.3 is 6.18 Å². The van der Waals surface area contributed by atoms with Gasteiger partial charge in [-0.1, -0.05) is 0 Å². The average Bonchev–Trinajstić information content (AvgIpc) is 3.08. The van der Waals surface area contributed by atoms with E-state index in [9.17, 15) is 22.0 Å². The second kappa shape index (κ2) is 7.58. The molecule has 10 heteroatoms. The van der Waals surface area contributed by atoms with Gasteiger partial charge in [-0.25, -0.2) is 8.78 Å². The number of ether oxygens (including phenoxy) is 1. The van der Waals surface area contributed by atoms with Gasteiger partial charge in [0.1, 0.15) is 5.82 Å². The van der Waals surface area contributed by atoms with Crippen molar-refractivity contribution in [3.05, 3.63) is 59.4 Å². The summed E-state index contributed by atoms with van der Waals surface area (Å²) in [5.41, 5.74) is 3.07. The molecule has 0 saturated heterocycles. The lowest BCUT2D eigenvalue weighted by Crippen LogP contribution is -2.30. The third-order valence-electron chi connectivity index (χ3n) is 4.45. The number of alkyl halides is 3. The van der Waals surface area contributed by atoms with E-state index in [1.54, 1.807) is 20.8 Å². The number of aromatic nitrogens is 3. The van der Waals surface area contributed by atoms with Crippen LogP contribution in [0.1, 0.15) is 32.2 Å². The summed E-state index contributed by atoms with van der Waals surface area (Å²) in [7, 11) is 0. The molecule has 0 saturated carbocycles. The summed E-state index contributed by atoms with van der Waals surface area (Å²) >= 11 is 0. The Morgan fingerprint density at radius 3 is 2.33 bits per heavy atom. The zero-order valence-corrected chi connectivity index (χ0v) is 16.4. The first-order chi connectivity index (χ1) is 13.9. The molecule has 0 unspecified atom stereocenters. The molecule has 5 nitrogen and oxygen atoms in total. The van der Waals surface area contributed by atoms with Crippen molar-refractivity contribution in [3.8, 4) is 17.1 Å². The Balaban J connectivity index is 2.08. The molecular formula is C20H19F5N4O. The molecule has 0 spiro atoms. The smallest absolute Gasteiger partial charge is 0.417 e. The van der Waals surface area contributed by atoms with E-state index in [0.29, 0.717) is 6.07 Å². The van der Waals surface area contributed by atoms with Crippen molar-refractivity contribution < 1.29 is 26.7 Å². The molecule has 2 aromatic carbocycles. The number of nitrogens with zero attached hydrogens (tertiary/aromatic N) is 3. The van der Waals surface area contributed by atoms with E-state index in [0.717, 1.165) is 18.2 Å². The molecule has 0 fully saturated rings. The minimum Gasteiger partial charge on any atom is -0.477 e. The van der Waals surface area contributed by atoms with E-state index in [1.807, 2.05) is 0 Å². The van der Waals surface area contributed by atoms with Crippen LogP contribution >= 0.6 is 0 Å². The van der Waals surface area contributed by atoms with Crippen LogP contribution in [-0.4, -0.2) is 14.8 Å². The third kappa shape index (κ3) is 4.07. The molecule has 0 amide bonds. The topological polar surface area (TPSA) is 66.0 Å². The van der Waals surface area contributed by atoms with Gasteiger partial charge in [0.25, 0.3) is 0 Å². The molecule has 3 aromatic rings. The maximum Gasteiger partial charge on any atom is 0.417 e. The van der Waals surface area contributed by atoms with Gasteiger partial charge in [-0.3, -0.25) is 0 Å². The van der Waals surface area contributed by atoms with E-state index in [2.05, 4.69) is 10.2 Å². The molecule has 1 heterocycles. The summed E-state index contributed by atoms with van der Waals surface area (Å²) in [5.74, 6) is -1.76. The van der Waals surface area contributed by atoms with Crippen LogP contribution in [0.5, 0.6) is 5.75 Å². The fraction of sp³-hybridized carbons (Fsp3) is 0.300. The quantitative estimate of drug-likeness (QED) is 0.452. The summed E-state index contributed by atoms with van der Waals surface area (Å²) in [6.07, 6.45) is -4.65. The molecule has 0 aliphatic carbocycles. The van der Waals surface area contributed by atoms with Crippen LogP contribution in [0.4, 0.5) is 27.6 Å². The van der Waals surface area contributed by atoms with E-state index in [4.69, 9.17) is 10.5 Å². The Kier molecular flexibility index (Phi) is 5.44. The van der Waals surface area contributed by atoms with Crippen molar-refractivity contribution in [2.75, 3.05) is 5.73 Å². The number of benzene rings is 2. The van der Waals surface area contributed by atoms with Crippen molar-refractivity contribution in [3.63, 3.8) is 0 Å². The van der Waals surface area contributed by atoms with Gasteiger partial charge in [0.05, 0.1) is 5.56 Å². The van der Waals surface area contributed by atoms with Gasteiger partial charge < -0.3 is 15.0 Å². The highest BCUT2D eigenvalue weighted by atomic mass is 19.4. The van der Waals surface area contributed by atoms with Gasteiger partial charge in [0.15, 0.2) is 28.8 Å². The Bertz CT molecular complexity index is 1080. The van der Waals surface area contributed by atoms with E-state index >= 15 is 0 Å². The molecule has 30 heavy (non-hydrogen) atoms. The van der Waals surface area contributed by atoms with Gasteiger partial charge in [-0.2, -0.15) is 13.2 Å². The number of hydrogen-bond acceptors (Lipinski definition) is 4. The van der Waals surface area contributed by atoms with E-state index in [1.165, 1.54) is 16.7 Å². The predicted octanol–water partition coefficient (Wildman–Crippen LogP) is 5.16. The fourth-order valence-corrected chi connectivity index (χ4v) is 3.12. The molecule has 0 radical (unpaired) electrons. The first-order valence-electron chi connectivity index (χ1n) is 8.99. The standard InChI is InChI=1S/C20H19F5N4O/c1-4-29-17(13-7-6-12(26)10-14(13)20(23,24)25)27-28-18(29)19(2,3)30-16-8-5-11(21)9-15(16)22/h5-10H,4,26H2,1-3H3. The minimum absolute atomic E-state index is 0.0314. The Labute approximate surface area is 169 Å². The Morgan fingerprint density at radius 1 is 1.03 bits per heavy atom. The Hall–Kier alpha value is -3.17. The van der Waals surface area contributed by atoms with Crippen LogP contribution in [0.15, 0.2) is 36.4 Å². The van der Waals surface area contributed by atoms with Crippen LogP contribution in [0.25, 0.3) is 11.4 Å². The van der Waals surface area contributed by atoms with Crippen LogP contribution < -0.4 is 10.5 Å². The van der Waals surface area contributed by atoms with Crippen molar-refractivity contribution >= 4 is 5.69 Å². The lowest BCUT2D eigenvalue weighted by Gasteiger charge is -2.26. The molecule has 2 N–H and O–H groups in total. The van der Waals surface area contributed by atoms with Crippen molar-refractivity contribution in [1.82, 2.24) is 14.8 Å². The highest BCUT2D eigenvalue weighted by Crippen LogP contribution is 2.39. The second-order valence-corrected chi connectivity index (χ2v) is 7.08. The van der Waals surface area contributed by atoms with Crippen molar-refractivity contribution in [2.24, 2.45) is 0 Å². The second-order valence-electron chi connectivity index (χ2n) is 7.08. The molecule has 0 aliphatic rings. The van der Waals surface area contributed by atoms with Gasteiger partial charge in [-0.05, 0) is 51.1 Å². The number of nitrogens with two attached hydrogens (primary N) is 1. The first kappa shape index (κ1) is 21.5. The van der Waals surface area contributed by atoms with Crippen LogP contribution in [0, 0.1) is 11.6 Å². The normalized spacial score (nSPS) is 12.3. The third-order valence-corrected chi connectivity index (χ3v) is 4.45. The molecule has 0 atom stereocenters. The van der Waals surface area contributed by atoms with Crippen LogP contribution in [0.2, 0.25) is 0 Å². The van der Waals surface area contributed by atoms with Crippen molar-refractivity contribution in [1.29, 1.82) is 0 Å². The minimum atomic E-state index is -4.65. The summed E-state index contributed by atoms with van der Waals surface area (Å²) in [4.78, 5) is 0. The molecule has 0 bridgehead atoms. The Morgan fingerprint density at radius 2 is 1.73 bits per heavy atom. The van der Waals surface area contributed by atoms with E-state index in [-0.39, 0.29) is 35.2 Å². The van der Waals surface area contributed by atoms with E-state index < -0.39 is 29.0 Å². The summed E-state index contributed by atoms with van der Waals surface area (Å²) in [5, 5.41) is 7.96. The van der Waals surface area contributed by atoms with Crippen molar-refractivity contribution in [2.45, 2.75) is 39.1 Å². The number of halogens is 5. The summed E-state index contributed by atoms with van der Waals surface area (Å²) < 4.78 is 74.9. The maximum absolute atomic E-state index is 14.0. The highest BCUT2D eigenvalue weighted by molar-refractivity contribution is 5.65. The molecule has 160 valence electrons. The number of anilines is 1. The van der Waals surface area contributed by atoms with Gasteiger partial charge in [0.2, 0.25) is 0 Å². The average molecular weight is 426 g/mol. The number of nitrogen functional groups attached to an aromatic ring is 1. The molecule has 3 rings (SSSR count). The first-order valence-corrected chi connectivity index (χ1v) is 8.99. The molecular weight excluding hydrogens is 407 g/mol. The number of hydrogen-bond donors (Lipinski definition) is 1. The highest BCUT2D eigenvalue weighted by Gasteiger charge is 2.37. The number of rotatable bonds is 5. The lowest BCUT2D eigenvalue weighted by atomic mass is 10.0.